The number of methoxy groups -OCH3 is 1. The molecular weight excluding hydrogens is 384 g/mol. The molecular formula is C23H36N2O5. The average Bonchev–Trinajstić information content (AvgIpc) is 2.75. The van der Waals surface area contributed by atoms with Gasteiger partial charge in [-0.1, -0.05) is 13.8 Å². The molecule has 1 heterocycles. The minimum Gasteiger partial charge on any atom is -0.490 e. The van der Waals surface area contributed by atoms with E-state index in [0.29, 0.717) is 49.3 Å². The molecule has 7 nitrogen and oxygen atoms in total. The van der Waals surface area contributed by atoms with E-state index < -0.39 is 0 Å². The standard InChI is InChI=1S/C23H36N2O5/c1-5-29-21-15-19(23(27)25(13-14-28-4)16-18(2)3)9-10-20(21)30-17-22(26)24-11-7-6-8-12-24/h9-10,15,18H,5-8,11-14,16-17H2,1-4H3. The highest BCUT2D eigenvalue weighted by atomic mass is 16.5. The van der Waals surface area contributed by atoms with Gasteiger partial charge in [0, 0.05) is 38.9 Å². The van der Waals surface area contributed by atoms with Gasteiger partial charge in [0.2, 0.25) is 0 Å². The molecule has 7 heteroatoms. The Labute approximate surface area is 180 Å². The molecule has 1 aromatic rings. The number of carbonyl (C=O) groups is 2. The summed E-state index contributed by atoms with van der Waals surface area (Å²) in [6, 6.07) is 5.14. The third kappa shape index (κ3) is 7.20. The van der Waals surface area contributed by atoms with Crippen LogP contribution < -0.4 is 9.47 Å². The first-order chi connectivity index (χ1) is 14.5. The molecule has 1 aliphatic rings. The Morgan fingerprint density at radius 3 is 2.47 bits per heavy atom. The fourth-order valence-electron chi connectivity index (χ4n) is 3.50. The monoisotopic (exact) mass is 420 g/mol. The molecule has 0 bridgehead atoms. The molecule has 1 aliphatic heterocycles. The lowest BCUT2D eigenvalue weighted by Gasteiger charge is -2.27. The molecule has 30 heavy (non-hydrogen) atoms. The fraction of sp³-hybridized carbons (Fsp3) is 0.652. The Balaban J connectivity index is 2.10. The summed E-state index contributed by atoms with van der Waals surface area (Å²) in [7, 11) is 1.63. The predicted molar refractivity (Wildman–Crippen MR) is 116 cm³/mol. The molecule has 0 saturated carbocycles. The maximum Gasteiger partial charge on any atom is 0.260 e. The molecule has 2 amide bonds. The van der Waals surface area contributed by atoms with Crippen LogP contribution in [0.3, 0.4) is 0 Å². The predicted octanol–water partition coefficient (Wildman–Crippen LogP) is 3.22. The molecule has 1 saturated heterocycles. The van der Waals surface area contributed by atoms with Gasteiger partial charge >= 0.3 is 0 Å². The van der Waals surface area contributed by atoms with E-state index in [2.05, 4.69) is 13.8 Å². The van der Waals surface area contributed by atoms with E-state index in [1.165, 1.54) is 6.42 Å². The van der Waals surface area contributed by atoms with Gasteiger partial charge in [-0.25, -0.2) is 0 Å². The molecule has 0 aliphatic carbocycles. The van der Waals surface area contributed by atoms with E-state index in [-0.39, 0.29) is 18.4 Å². The summed E-state index contributed by atoms with van der Waals surface area (Å²) in [6.45, 7) is 9.69. The molecule has 0 N–H and O–H groups in total. The Bertz CT molecular complexity index is 686. The number of hydrogen-bond donors (Lipinski definition) is 0. The lowest BCUT2D eigenvalue weighted by Crippen LogP contribution is -2.38. The number of nitrogens with zero attached hydrogens (tertiary/aromatic N) is 2. The van der Waals surface area contributed by atoms with Crippen LogP contribution in [0.5, 0.6) is 11.5 Å². The number of amides is 2. The molecule has 1 aromatic carbocycles. The van der Waals surface area contributed by atoms with Gasteiger partial charge in [0.25, 0.3) is 11.8 Å². The first-order valence-corrected chi connectivity index (χ1v) is 10.9. The number of hydrogen-bond acceptors (Lipinski definition) is 5. The topological polar surface area (TPSA) is 68.3 Å². The van der Waals surface area contributed by atoms with Crippen LogP contribution in [0.2, 0.25) is 0 Å². The Morgan fingerprint density at radius 2 is 1.83 bits per heavy atom. The van der Waals surface area contributed by atoms with Crippen molar-refractivity contribution in [2.75, 3.05) is 53.1 Å². The van der Waals surface area contributed by atoms with E-state index >= 15 is 0 Å². The van der Waals surface area contributed by atoms with Crippen LogP contribution in [0.15, 0.2) is 18.2 Å². The number of likely N-dealkylation sites (tertiary alicyclic amines) is 1. The van der Waals surface area contributed by atoms with Crippen LogP contribution in [0.25, 0.3) is 0 Å². The van der Waals surface area contributed by atoms with Crippen LogP contribution in [0, 0.1) is 5.92 Å². The van der Waals surface area contributed by atoms with Crippen molar-refractivity contribution in [1.29, 1.82) is 0 Å². The second-order valence-electron chi connectivity index (χ2n) is 7.96. The Kier molecular flexibility index (Phi) is 9.94. The number of benzene rings is 1. The smallest absolute Gasteiger partial charge is 0.260 e. The van der Waals surface area contributed by atoms with Gasteiger partial charge in [0.1, 0.15) is 0 Å². The van der Waals surface area contributed by atoms with Gasteiger partial charge < -0.3 is 24.0 Å². The van der Waals surface area contributed by atoms with Crippen molar-refractivity contribution in [3.8, 4) is 11.5 Å². The third-order valence-corrected chi connectivity index (χ3v) is 4.99. The lowest BCUT2D eigenvalue weighted by molar-refractivity contribution is -0.134. The van der Waals surface area contributed by atoms with Gasteiger partial charge in [-0.15, -0.1) is 0 Å². The maximum absolute atomic E-state index is 13.0. The van der Waals surface area contributed by atoms with Crippen molar-refractivity contribution in [3.63, 3.8) is 0 Å². The highest BCUT2D eigenvalue weighted by Crippen LogP contribution is 2.29. The van der Waals surface area contributed by atoms with Crippen LogP contribution in [0.1, 0.15) is 50.4 Å². The van der Waals surface area contributed by atoms with Gasteiger partial charge in [0.05, 0.1) is 13.2 Å². The Morgan fingerprint density at radius 1 is 1.10 bits per heavy atom. The average molecular weight is 421 g/mol. The zero-order valence-electron chi connectivity index (χ0n) is 18.8. The maximum atomic E-state index is 13.0. The minimum atomic E-state index is -0.0716. The van der Waals surface area contributed by atoms with Crippen molar-refractivity contribution >= 4 is 11.8 Å². The minimum absolute atomic E-state index is 0.0139. The molecule has 1 fully saturated rings. The summed E-state index contributed by atoms with van der Waals surface area (Å²) in [5, 5.41) is 0. The van der Waals surface area contributed by atoms with Crippen LogP contribution in [-0.2, 0) is 9.53 Å². The first kappa shape index (κ1) is 24.0. The SMILES string of the molecule is CCOc1cc(C(=O)N(CCOC)CC(C)C)ccc1OCC(=O)N1CCCCC1. The zero-order valence-corrected chi connectivity index (χ0v) is 18.8. The molecule has 0 aromatic heterocycles. The lowest BCUT2D eigenvalue weighted by atomic mass is 10.1. The van der Waals surface area contributed by atoms with Crippen molar-refractivity contribution in [1.82, 2.24) is 9.80 Å². The highest BCUT2D eigenvalue weighted by Gasteiger charge is 2.21. The number of carbonyl (C=O) groups excluding carboxylic acids is 2. The third-order valence-electron chi connectivity index (χ3n) is 4.99. The van der Waals surface area contributed by atoms with Crippen molar-refractivity contribution in [3.05, 3.63) is 23.8 Å². The molecule has 0 spiro atoms. The van der Waals surface area contributed by atoms with Crippen LogP contribution in [-0.4, -0.2) is 74.7 Å². The summed E-state index contributed by atoms with van der Waals surface area (Å²) in [4.78, 5) is 29.1. The van der Waals surface area contributed by atoms with Gasteiger partial charge in [-0.2, -0.15) is 0 Å². The largest absolute Gasteiger partial charge is 0.490 e. The summed E-state index contributed by atoms with van der Waals surface area (Å²) < 4.78 is 16.6. The van der Waals surface area contributed by atoms with Gasteiger partial charge in [-0.3, -0.25) is 9.59 Å². The van der Waals surface area contributed by atoms with Crippen LogP contribution in [0.4, 0.5) is 0 Å². The first-order valence-electron chi connectivity index (χ1n) is 10.9. The molecule has 168 valence electrons. The summed E-state index contributed by atoms with van der Waals surface area (Å²) in [5.41, 5.74) is 0.532. The Hall–Kier alpha value is -2.28. The summed E-state index contributed by atoms with van der Waals surface area (Å²) >= 11 is 0. The van der Waals surface area contributed by atoms with E-state index in [1.54, 1.807) is 30.2 Å². The second-order valence-corrected chi connectivity index (χ2v) is 7.96. The quantitative estimate of drug-likeness (QED) is 0.550. The number of ether oxygens (including phenoxy) is 3. The van der Waals surface area contributed by atoms with E-state index in [1.807, 2.05) is 11.8 Å². The zero-order chi connectivity index (χ0) is 21.9. The number of piperidine rings is 1. The molecule has 0 radical (unpaired) electrons. The van der Waals surface area contributed by atoms with Crippen molar-refractivity contribution in [2.45, 2.75) is 40.0 Å². The van der Waals surface area contributed by atoms with E-state index in [4.69, 9.17) is 14.2 Å². The van der Waals surface area contributed by atoms with Crippen molar-refractivity contribution in [2.24, 2.45) is 5.92 Å². The van der Waals surface area contributed by atoms with Gasteiger partial charge in [-0.05, 0) is 50.3 Å². The fourth-order valence-corrected chi connectivity index (χ4v) is 3.50. The summed E-state index contributed by atoms with van der Waals surface area (Å²) in [5.74, 6) is 1.22. The summed E-state index contributed by atoms with van der Waals surface area (Å²) in [6.07, 6.45) is 3.26. The second kappa shape index (κ2) is 12.4. The molecule has 2 rings (SSSR count). The number of rotatable bonds is 11. The van der Waals surface area contributed by atoms with Crippen molar-refractivity contribution < 1.29 is 23.8 Å². The van der Waals surface area contributed by atoms with E-state index in [9.17, 15) is 9.59 Å². The molecule has 0 unspecified atom stereocenters. The highest BCUT2D eigenvalue weighted by molar-refractivity contribution is 5.95. The molecule has 0 atom stereocenters. The normalized spacial score (nSPS) is 14.0. The van der Waals surface area contributed by atoms with Gasteiger partial charge in [0.15, 0.2) is 18.1 Å². The van der Waals surface area contributed by atoms with Crippen LogP contribution >= 0.6 is 0 Å². The van der Waals surface area contributed by atoms with E-state index in [0.717, 1.165) is 25.9 Å².